The van der Waals surface area contributed by atoms with E-state index in [9.17, 15) is 9.59 Å². The summed E-state index contributed by atoms with van der Waals surface area (Å²) in [7, 11) is 1.49. The van der Waals surface area contributed by atoms with Crippen LogP contribution in [0.25, 0.3) is 11.1 Å². The molecule has 0 saturated carbocycles. The third-order valence-electron chi connectivity index (χ3n) is 4.68. The number of rotatable bonds is 13. The molecule has 6 nitrogen and oxygen atoms in total. The summed E-state index contributed by atoms with van der Waals surface area (Å²) in [6.07, 6.45) is 2.77. The molecular weight excluding hydrogens is 408 g/mol. The maximum atomic E-state index is 11.7. The van der Waals surface area contributed by atoms with Gasteiger partial charge in [-0.1, -0.05) is 43.5 Å². The van der Waals surface area contributed by atoms with E-state index in [1.54, 1.807) is 0 Å². The lowest BCUT2D eigenvalue weighted by molar-refractivity contribution is -0.140. The second kappa shape index (κ2) is 13.1. The average molecular weight is 439 g/mol. The van der Waals surface area contributed by atoms with E-state index in [4.69, 9.17) is 18.9 Å². The summed E-state index contributed by atoms with van der Waals surface area (Å²) in [5.41, 5.74) is 4.77. The monoisotopic (exact) mass is 438 g/mol. The molecule has 0 fully saturated rings. The van der Waals surface area contributed by atoms with E-state index in [1.165, 1.54) is 18.7 Å². The topological polar surface area (TPSA) is 71.1 Å². The average Bonchev–Trinajstić information content (AvgIpc) is 2.80. The minimum atomic E-state index is -0.483. The molecule has 32 heavy (non-hydrogen) atoms. The first-order valence-corrected chi connectivity index (χ1v) is 10.4. The van der Waals surface area contributed by atoms with Gasteiger partial charge in [0.2, 0.25) is 0 Å². The van der Waals surface area contributed by atoms with E-state index in [0.717, 1.165) is 29.5 Å². The van der Waals surface area contributed by atoms with Crippen molar-refractivity contribution in [2.75, 3.05) is 33.5 Å². The van der Waals surface area contributed by atoms with E-state index >= 15 is 0 Å². The lowest BCUT2D eigenvalue weighted by Crippen LogP contribution is -2.15. The van der Waals surface area contributed by atoms with Crippen molar-refractivity contribution in [3.63, 3.8) is 0 Å². The molecule has 2 rings (SSSR count). The van der Waals surface area contributed by atoms with Gasteiger partial charge in [0, 0.05) is 13.2 Å². The van der Waals surface area contributed by atoms with Crippen LogP contribution in [-0.4, -0.2) is 45.5 Å². The molecule has 170 valence electrons. The van der Waals surface area contributed by atoms with Crippen LogP contribution in [0.15, 0.2) is 67.3 Å². The molecule has 0 saturated heterocycles. The van der Waals surface area contributed by atoms with Gasteiger partial charge in [-0.25, -0.2) is 9.59 Å². The van der Waals surface area contributed by atoms with Gasteiger partial charge in [0.1, 0.15) is 19.0 Å². The Kier molecular flexibility index (Phi) is 10.2. The van der Waals surface area contributed by atoms with Gasteiger partial charge in [-0.15, -0.1) is 0 Å². The molecule has 0 bridgehead atoms. The number of aryl methyl sites for hydroxylation is 2. The first kappa shape index (κ1) is 24.9. The smallest absolute Gasteiger partial charge is 0.335 e. The van der Waals surface area contributed by atoms with Crippen molar-refractivity contribution in [3.8, 4) is 16.9 Å². The summed E-state index contributed by atoms with van der Waals surface area (Å²) in [6, 6.07) is 14.2. The first-order valence-electron chi connectivity index (χ1n) is 10.4. The quantitative estimate of drug-likeness (QED) is 0.261. The van der Waals surface area contributed by atoms with Crippen molar-refractivity contribution < 1.29 is 28.5 Å². The molecule has 2 aromatic carbocycles. The van der Waals surface area contributed by atoms with Crippen LogP contribution in [0.3, 0.4) is 0 Å². The third-order valence-corrected chi connectivity index (χ3v) is 4.68. The minimum absolute atomic E-state index is 0.136. The second-order valence-corrected chi connectivity index (χ2v) is 7.17. The molecule has 0 radical (unpaired) electrons. The Balaban J connectivity index is 1.83. The van der Waals surface area contributed by atoms with E-state index in [1.807, 2.05) is 25.1 Å². The highest BCUT2D eigenvalue weighted by atomic mass is 16.6. The largest absolute Gasteiger partial charge is 0.490 e. The summed E-state index contributed by atoms with van der Waals surface area (Å²) in [6.45, 7) is 9.92. The summed E-state index contributed by atoms with van der Waals surface area (Å²) >= 11 is 0. The molecule has 0 N–H and O–H groups in total. The van der Waals surface area contributed by atoms with Crippen LogP contribution in [0, 0.1) is 6.92 Å². The third kappa shape index (κ3) is 8.04. The predicted octanol–water partition coefficient (Wildman–Crippen LogP) is 4.45. The second-order valence-electron chi connectivity index (χ2n) is 7.17. The van der Waals surface area contributed by atoms with Crippen molar-refractivity contribution in [1.82, 2.24) is 0 Å². The molecule has 0 unspecified atom stereocenters. The number of carbonyl (C=O) groups excluding carboxylic acids is 2. The fraction of sp³-hybridized carbons (Fsp3) is 0.308. The van der Waals surface area contributed by atoms with Crippen molar-refractivity contribution in [2.45, 2.75) is 19.8 Å². The van der Waals surface area contributed by atoms with Crippen molar-refractivity contribution in [2.24, 2.45) is 0 Å². The van der Waals surface area contributed by atoms with Crippen LogP contribution in [0.1, 0.15) is 17.5 Å². The van der Waals surface area contributed by atoms with Crippen LogP contribution in [0.4, 0.5) is 0 Å². The highest BCUT2D eigenvalue weighted by molar-refractivity contribution is 5.87. The van der Waals surface area contributed by atoms with Crippen LogP contribution in [0.5, 0.6) is 5.75 Å². The number of esters is 2. The summed E-state index contributed by atoms with van der Waals surface area (Å²) < 4.78 is 20.6. The fourth-order valence-electron chi connectivity index (χ4n) is 3.04. The number of ether oxygens (including phenoxy) is 4. The first-order chi connectivity index (χ1) is 15.4. The number of hydrogen-bond acceptors (Lipinski definition) is 6. The Morgan fingerprint density at radius 3 is 2.41 bits per heavy atom. The van der Waals surface area contributed by atoms with Crippen LogP contribution >= 0.6 is 0 Å². The molecule has 0 aliphatic heterocycles. The van der Waals surface area contributed by atoms with Gasteiger partial charge in [0.15, 0.2) is 0 Å². The SMILES string of the molecule is C=CC(=O)OCCCc1ccc(-c2ccc(OCCOC(=O)C(=C)COC)cc2C)cc1. The Morgan fingerprint density at radius 2 is 1.75 bits per heavy atom. The summed E-state index contributed by atoms with van der Waals surface area (Å²) in [4.78, 5) is 22.7. The number of carbonyl (C=O) groups is 2. The van der Waals surface area contributed by atoms with Gasteiger partial charge in [0.05, 0.1) is 18.8 Å². The molecule has 0 atom stereocenters. The molecule has 0 heterocycles. The normalized spacial score (nSPS) is 10.3. The zero-order valence-electron chi connectivity index (χ0n) is 18.7. The Hall–Kier alpha value is -3.38. The van der Waals surface area contributed by atoms with E-state index in [0.29, 0.717) is 12.4 Å². The van der Waals surface area contributed by atoms with E-state index in [-0.39, 0.29) is 25.4 Å². The van der Waals surface area contributed by atoms with Crippen LogP contribution in [-0.2, 0) is 30.2 Å². The maximum Gasteiger partial charge on any atom is 0.335 e. The Bertz CT molecular complexity index is 930. The molecular formula is C26H30O6. The van der Waals surface area contributed by atoms with Crippen molar-refractivity contribution in [3.05, 3.63) is 78.4 Å². The Morgan fingerprint density at radius 1 is 1.00 bits per heavy atom. The maximum absolute atomic E-state index is 11.7. The molecule has 0 spiro atoms. The Labute approximate surface area is 189 Å². The van der Waals surface area contributed by atoms with E-state index in [2.05, 4.69) is 37.4 Å². The molecule has 0 aliphatic rings. The minimum Gasteiger partial charge on any atom is -0.490 e. The zero-order valence-corrected chi connectivity index (χ0v) is 18.7. The standard InChI is InChI=1S/C26H30O6/c1-5-25(27)31-14-6-7-21-8-10-22(11-9-21)24-13-12-23(17-19(24)2)30-15-16-32-26(28)20(3)18-29-4/h5,8-13,17H,1,3,6-7,14-16,18H2,2,4H3. The van der Waals surface area contributed by atoms with Gasteiger partial charge in [-0.2, -0.15) is 0 Å². The fourth-order valence-corrected chi connectivity index (χ4v) is 3.04. The summed E-state index contributed by atoms with van der Waals surface area (Å²) in [5.74, 6) is -0.163. The summed E-state index contributed by atoms with van der Waals surface area (Å²) in [5, 5.41) is 0. The van der Waals surface area contributed by atoms with Crippen LogP contribution in [0.2, 0.25) is 0 Å². The number of hydrogen-bond donors (Lipinski definition) is 0. The lowest BCUT2D eigenvalue weighted by Gasteiger charge is -2.12. The zero-order chi connectivity index (χ0) is 23.3. The van der Waals surface area contributed by atoms with Gasteiger partial charge >= 0.3 is 11.9 Å². The van der Waals surface area contributed by atoms with Crippen LogP contribution < -0.4 is 4.74 Å². The predicted molar refractivity (Wildman–Crippen MR) is 124 cm³/mol. The molecule has 0 aliphatic carbocycles. The number of methoxy groups -OCH3 is 1. The van der Waals surface area contributed by atoms with Gasteiger partial charge in [-0.3, -0.25) is 0 Å². The van der Waals surface area contributed by atoms with Gasteiger partial charge in [0.25, 0.3) is 0 Å². The molecule has 0 amide bonds. The lowest BCUT2D eigenvalue weighted by atomic mass is 9.98. The molecule has 0 aromatic heterocycles. The molecule has 6 heteroatoms. The van der Waals surface area contributed by atoms with E-state index < -0.39 is 11.9 Å². The van der Waals surface area contributed by atoms with Crippen molar-refractivity contribution >= 4 is 11.9 Å². The number of benzene rings is 2. The molecule has 2 aromatic rings. The highest BCUT2D eigenvalue weighted by Crippen LogP contribution is 2.27. The van der Waals surface area contributed by atoms with Gasteiger partial charge < -0.3 is 18.9 Å². The van der Waals surface area contributed by atoms with Crippen molar-refractivity contribution in [1.29, 1.82) is 0 Å². The highest BCUT2D eigenvalue weighted by Gasteiger charge is 2.08. The van der Waals surface area contributed by atoms with Gasteiger partial charge in [-0.05, 0) is 54.2 Å².